The summed E-state index contributed by atoms with van der Waals surface area (Å²) in [5.41, 5.74) is 6.66. The fourth-order valence-corrected chi connectivity index (χ4v) is 1.87. The van der Waals surface area contributed by atoms with Gasteiger partial charge in [0.05, 0.1) is 0 Å². The second kappa shape index (κ2) is 7.22. The minimum absolute atomic E-state index is 0.0173. The van der Waals surface area contributed by atoms with Gasteiger partial charge >= 0.3 is 0 Å². The van der Waals surface area contributed by atoms with E-state index in [-0.39, 0.29) is 11.4 Å². The number of carbonyl (C=O) groups is 2. The molecular formula is C16H25N3O2. The highest BCUT2D eigenvalue weighted by molar-refractivity contribution is 5.92. The summed E-state index contributed by atoms with van der Waals surface area (Å²) >= 11 is 0. The summed E-state index contributed by atoms with van der Waals surface area (Å²) in [6.07, 6.45) is 0.465. The lowest BCUT2D eigenvalue weighted by atomic mass is 10.1. The van der Waals surface area contributed by atoms with E-state index in [1.54, 1.807) is 24.1 Å². The predicted molar refractivity (Wildman–Crippen MR) is 83.8 cm³/mol. The molecule has 0 saturated carbocycles. The Balaban J connectivity index is 2.46. The lowest BCUT2D eigenvalue weighted by molar-refractivity contribution is -0.130. The van der Waals surface area contributed by atoms with Crippen LogP contribution in [0.2, 0.25) is 0 Å². The molecule has 0 bridgehead atoms. The van der Waals surface area contributed by atoms with Gasteiger partial charge in [-0.2, -0.15) is 0 Å². The Morgan fingerprint density at radius 3 is 2.24 bits per heavy atom. The lowest BCUT2D eigenvalue weighted by Gasteiger charge is -2.22. The number of nitrogens with one attached hydrogen (secondary N) is 1. The molecule has 0 atom stereocenters. The van der Waals surface area contributed by atoms with Crippen LogP contribution in [0.25, 0.3) is 0 Å². The van der Waals surface area contributed by atoms with E-state index in [0.29, 0.717) is 25.1 Å². The van der Waals surface area contributed by atoms with Crippen molar-refractivity contribution in [1.82, 2.24) is 10.2 Å². The van der Waals surface area contributed by atoms with E-state index in [4.69, 9.17) is 5.73 Å². The average Bonchev–Trinajstić information content (AvgIpc) is 2.37. The van der Waals surface area contributed by atoms with Crippen molar-refractivity contribution in [2.45, 2.75) is 39.3 Å². The fraction of sp³-hybridized carbons (Fsp3) is 0.500. The molecule has 5 nitrogen and oxygen atoms in total. The number of hydrogen-bond acceptors (Lipinski definition) is 3. The van der Waals surface area contributed by atoms with E-state index in [2.05, 4.69) is 26.1 Å². The molecule has 1 aromatic carbocycles. The molecular weight excluding hydrogens is 266 g/mol. The van der Waals surface area contributed by atoms with Gasteiger partial charge in [-0.15, -0.1) is 0 Å². The highest BCUT2D eigenvalue weighted by Gasteiger charge is 2.12. The first-order valence-corrected chi connectivity index (χ1v) is 7.07. The van der Waals surface area contributed by atoms with Crippen molar-refractivity contribution < 1.29 is 9.59 Å². The SMILES string of the molecule is CN(Cc1ccc(C(N)=O)cc1)C(=O)CCNC(C)(C)C. The molecule has 1 rings (SSSR count). The van der Waals surface area contributed by atoms with Crippen molar-refractivity contribution in [3.63, 3.8) is 0 Å². The molecule has 21 heavy (non-hydrogen) atoms. The summed E-state index contributed by atoms with van der Waals surface area (Å²) in [6, 6.07) is 6.99. The summed E-state index contributed by atoms with van der Waals surface area (Å²) in [5, 5.41) is 3.29. The van der Waals surface area contributed by atoms with E-state index in [1.165, 1.54) is 0 Å². The van der Waals surface area contributed by atoms with Gasteiger partial charge in [0, 0.05) is 37.7 Å². The van der Waals surface area contributed by atoms with Gasteiger partial charge in [0.2, 0.25) is 11.8 Å². The minimum atomic E-state index is -0.445. The predicted octanol–water partition coefficient (Wildman–Crippen LogP) is 1.52. The van der Waals surface area contributed by atoms with Crippen LogP contribution in [0.4, 0.5) is 0 Å². The molecule has 1 aromatic rings. The maximum atomic E-state index is 12.0. The molecule has 5 heteroatoms. The molecule has 0 aliphatic heterocycles. The van der Waals surface area contributed by atoms with E-state index in [0.717, 1.165) is 5.56 Å². The van der Waals surface area contributed by atoms with Crippen LogP contribution in [0.3, 0.4) is 0 Å². The number of rotatable bonds is 6. The second-order valence-electron chi connectivity index (χ2n) is 6.24. The van der Waals surface area contributed by atoms with E-state index in [1.807, 2.05) is 12.1 Å². The van der Waals surface area contributed by atoms with Crippen molar-refractivity contribution in [3.05, 3.63) is 35.4 Å². The molecule has 0 heterocycles. The molecule has 0 spiro atoms. The lowest BCUT2D eigenvalue weighted by Crippen LogP contribution is -2.38. The highest BCUT2D eigenvalue weighted by atomic mass is 16.2. The number of hydrogen-bond donors (Lipinski definition) is 2. The Morgan fingerprint density at radius 2 is 1.76 bits per heavy atom. The van der Waals surface area contributed by atoms with Crippen molar-refractivity contribution in [2.24, 2.45) is 5.73 Å². The van der Waals surface area contributed by atoms with Crippen LogP contribution in [-0.4, -0.2) is 35.8 Å². The topological polar surface area (TPSA) is 75.4 Å². The smallest absolute Gasteiger partial charge is 0.248 e. The van der Waals surface area contributed by atoms with Crippen LogP contribution in [0, 0.1) is 0 Å². The number of benzene rings is 1. The molecule has 0 unspecified atom stereocenters. The maximum Gasteiger partial charge on any atom is 0.248 e. The van der Waals surface area contributed by atoms with E-state index >= 15 is 0 Å². The quantitative estimate of drug-likeness (QED) is 0.834. The Morgan fingerprint density at radius 1 is 1.19 bits per heavy atom. The van der Waals surface area contributed by atoms with Gasteiger partial charge in [-0.1, -0.05) is 12.1 Å². The van der Waals surface area contributed by atoms with Crippen LogP contribution in [-0.2, 0) is 11.3 Å². The van der Waals surface area contributed by atoms with Crippen LogP contribution in [0.15, 0.2) is 24.3 Å². The van der Waals surface area contributed by atoms with Crippen LogP contribution in [0.1, 0.15) is 43.1 Å². The second-order valence-corrected chi connectivity index (χ2v) is 6.24. The summed E-state index contributed by atoms with van der Waals surface area (Å²) in [6.45, 7) is 7.39. The molecule has 0 fully saturated rings. The number of carbonyl (C=O) groups excluding carboxylic acids is 2. The van der Waals surface area contributed by atoms with Crippen LogP contribution >= 0.6 is 0 Å². The normalized spacial score (nSPS) is 11.2. The van der Waals surface area contributed by atoms with E-state index < -0.39 is 5.91 Å². The molecule has 0 radical (unpaired) electrons. The number of amides is 2. The molecule has 2 amide bonds. The van der Waals surface area contributed by atoms with Gasteiger partial charge in [-0.05, 0) is 38.5 Å². The third-order valence-corrected chi connectivity index (χ3v) is 3.08. The van der Waals surface area contributed by atoms with Crippen LogP contribution < -0.4 is 11.1 Å². The maximum absolute atomic E-state index is 12.0. The zero-order valence-corrected chi connectivity index (χ0v) is 13.3. The standard InChI is InChI=1S/C16H25N3O2/c1-16(2,3)18-10-9-14(20)19(4)11-12-5-7-13(8-6-12)15(17)21/h5-8,18H,9-11H2,1-4H3,(H2,17,21). The van der Waals surface area contributed by atoms with Crippen molar-refractivity contribution >= 4 is 11.8 Å². The molecule has 0 saturated heterocycles. The zero-order chi connectivity index (χ0) is 16.0. The van der Waals surface area contributed by atoms with Gasteiger partial charge < -0.3 is 16.0 Å². The Labute approximate surface area is 126 Å². The monoisotopic (exact) mass is 291 g/mol. The first kappa shape index (κ1) is 17.2. The Hall–Kier alpha value is -1.88. The van der Waals surface area contributed by atoms with Gasteiger partial charge in [0.1, 0.15) is 0 Å². The molecule has 116 valence electrons. The van der Waals surface area contributed by atoms with Gasteiger partial charge in [0.25, 0.3) is 0 Å². The minimum Gasteiger partial charge on any atom is -0.366 e. The van der Waals surface area contributed by atoms with Gasteiger partial charge in [-0.3, -0.25) is 9.59 Å². The van der Waals surface area contributed by atoms with Gasteiger partial charge in [0.15, 0.2) is 0 Å². The fourth-order valence-electron chi connectivity index (χ4n) is 1.87. The Bertz CT molecular complexity index is 489. The third kappa shape index (κ3) is 6.40. The number of nitrogens with zero attached hydrogens (tertiary/aromatic N) is 1. The number of nitrogens with two attached hydrogens (primary N) is 1. The van der Waals surface area contributed by atoms with Crippen molar-refractivity contribution in [3.8, 4) is 0 Å². The van der Waals surface area contributed by atoms with Crippen molar-refractivity contribution in [2.75, 3.05) is 13.6 Å². The van der Waals surface area contributed by atoms with Crippen LogP contribution in [0.5, 0.6) is 0 Å². The molecule has 3 N–H and O–H groups in total. The number of primary amides is 1. The molecule has 0 aliphatic rings. The summed E-state index contributed by atoms with van der Waals surface area (Å²) in [4.78, 5) is 24.7. The molecule has 0 aliphatic carbocycles. The first-order chi connectivity index (χ1) is 9.69. The van der Waals surface area contributed by atoms with Gasteiger partial charge in [-0.25, -0.2) is 0 Å². The molecule has 0 aromatic heterocycles. The summed E-state index contributed by atoms with van der Waals surface area (Å²) in [5.74, 6) is -0.357. The average molecular weight is 291 g/mol. The summed E-state index contributed by atoms with van der Waals surface area (Å²) < 4.78 is 0. The Kier molecular flexibility index (Phi) is 5.90. The van der Waals surface area contributed by atoms with Crippen molar-refractivity contribution in [1.29, 1.82) is 0 Å². The largest absolute Gasteiger partial charge is 0.366 e. The van der Waals surface area contributed by atoms with E-state index in [9.17, 15) is 9.59 Å². The summed E-state index contributed by atoms with van der Waals surface area (Å²) in [7, 11) is 1.78. The highest BCUT2D eigenvalue weighted by Crippen LogP contribution is 2.07. The first-order valence-electron chi connectivity index (χ1n) is 7.07. The third-order valence-electron chi connectivity index (χ3n) is 3.08. The zero-order valence-electron chi connectivity index (χ0n) is 13.3.